The Hall–Kier alpha value is -1.30. The molecule has 1 aliphatic heterocycles. The minimum Gasteiger partial charge on any atom is -0.481 e. The zero-order valence-corrected chi connectivity index (χ0v) is 11.2. The first kappa shape index (κ1) is 14.8. The van der Waals surface area contributed by atoms with Gasteiger partial charge < -0.3 is 20.5 Å². The van der Waals surface area contributed by atoms with Crippen molar-refractivity contribution in [1.82, 2.24) is 4.90 Å². The lowest BCUT2D eigenvalue weighted by atomic mass is 9.96. The number of carboxylic acids is 1. The quantitative estimate of drug-likeness (QED) is 0.733. The van der Waals surface area contributed by atoms with Crippen molar-refractivity contribution < 1.29 is 19.4 Å². The van der Waals surface area contributed by atoms with Gasteiger partial charge in [0.05, 0.1) is 5.92 Å². The lowest BCUT2D eigenvalue weighted by molar-refractivity contribution is -0.142. The molecular weight excluding hydrogens is 236 g/mol. The Kier molecular flexibility index (Phi) is 4.56. The average Bonchev–Trinajstić information content (AvgIpc) is 2.37. The largest absolute Gasteiger partial charge is 0.481 e. The molecule has 0 bridgehead atoms. The number of nitrogens with two attached hydrogens (primary N) is 1. The monoisotopic (exact) mass is 258 g/mol. The van der Waals surface area contributed by atoms with Gasteiger partial charge in [-0.3, -0.25) is 4.79 Å². The van der Waals surface area contributed by atoms with Crippen LogP contribution in [0.15, 0.2) is 0 Å². The van der Waals surface area contributed by atoms with Crippen molar-refractivity contribution in [2.24, 2.45) is 11.7 Å². The predicted molar refractivity (Wildman–Crippen MR) is 66.1 cm³/mol. The summed E-state index contributed by atoms with van der Waals surface area (Å²) in [6, 6.07) is -0.407. The number of carbonyl (C=O) groups is 2. The highest BCUT2D eigenvalue weighted by atomic mass is 16.6. The molecule has 1 saturated heterocycles. The number of aliphatic carboxylic acids is 1. The van der Waals surface area contributed by atoms with Gasteiger partial charge in [-0.1, -0.05) is 0 Å². The number of hydrogen-bond acceptors (Lipinski definition) is 4. The highest BCUT2D eigenvalue weighted by molar-refractivity contribution is 5.72. The molecule has 1 heterocycles. The average molecular weight is 258 g/mol. The van der Waals surface area contributed by atoms with Gasteiger partial charge in [-0.2, -0.15) is 0 Å². The Morgan fingerprint density at radius 2 is 1.83 bits per heavy atom. The van der Waals surface area contributed by atoms with Crippen LogP contribution in [0.4, 0.5) is 4.79 Å². The molecule has 0 saturated carbocycles. The van der Waals surface area contributed by atoms with Gasteiger partial charge in [0, 0.05) is 19.1 Å². The third-order valence-electron chi connectivity index (χ3n) is 2.93. The molecule has 1 aliphatic rings. The van der Waals surface area contributed by atoms with E-state index in [2.05, 4.69) is 0 Å². The summed E-state index contributed by atoms with van der Waals surface area (Å²) in [5.41, 5.74) is 5.27. The van der Waals surface area contributed by atoms with Gasteiger partial charge in [-0.05, 0) is 33.6 Å². The van der Waals surface area contributed by atoms with E-state index in [0.29, 0.717) is 25.9 Å². The summed E-state index contributed by atoms with van der Waals surface area (Å²) in [6.45, 7) is 6.22. The molecule has 2 unspecified atom stereocenters. The van der Waals surface area contributed by atoms with E-state index in [4.69, 9.17) is 15.6 Å². The fourth-order valence-corrected chi connectivity index (χ4v) is 1.94. The van der Waals surface area contributed by atoms with Crippen molar-refractivity contribution in [2.75, 3.05) is 13.1 Å². The number of hydrogen-bond donors (Lipinski definition) is 2. The first-order valence-electron chi connectivity index (χ1n) is 6.17. The molecule has 0 aromatic carbocycles. The molecule has 6 nitrogen and oxygen atoms in total. The van der Waals surface area contributed by atoms with Gasteiger partial charge in [-0.15, -0.1) is 0 Å². The van der Waals surface area contributed by atoms with Crippen LogP contribution in [0, 0.1) is 5.92 Å². The summed E-state index contributed by atoms with van der Waals surface area (Å²) in [5, 5.41) is 9.03. The SMILES string of the molecule is CC(C)(C)OC(=O)N1CCC(N)C(C(=O)O)CC1. The lowest BCUT2D eigenvalue weighted by Gasteiger charge is -2.26. The van der Waals surface area contributed by atoms with Crippen LogP contribution >= 0.6 is 0 Å². The summed E-state index contributed by atoms with van der Waals surface area (Å²) >= 11 is 0. The van der Waals surface area contributed by atoms with E-state index in [1.807, 2.05) is 0 Å². The Morgan fingerprint density at radius 1 is 1.28 bits per heavy atom. The molecule has 18 heavy (non-hydrogen) atoms. The summed E-state index contributed by atoms with van der Waals surface area (Å²) in [7, 11) is 0. The minimum atomic E-state index is -0.895. The topological polar surface area (TPSA) is 92.9 Å². The molecule has 1 fully saturated rings. The van der Waals surface area contributed by atoms with Crippen LogP contribution in [0.2, 0.25) is 0 Å². The first-order valence-corrected chi connectivity index (χ1v) is 6.17. The third-order valence-corrected chi connectivity index (χ3v) is 2.93. The zero-order chi connectivity index (χ0) is 13.9. The summed E-state index contributed by atoms with van der Waals surface area (Å²) in [4.78, 5) is 24.4. The van der Waals surface area contributed by atoms with Crippen molar-refractivity contribution in [3.8, 4) is 0 Å². The van der Waals surface area contributed by atoms with Crippen molar-refractivity contribution in [2.45, 2.75) is 45.3 Å². The van der Waals surface area contributed by atoms with Gasteiger partial charge in [0.15, 0.2) is 0 Å². The number of carbonyl (C=O) groups excluding carboxylic acids is 1. The number of carboxylic acid groups (broad SMARTS) is 1. The summed E-state index contributed by atoms with van der Waals surface area (Å²) in [6.07, 6.45) is 0.451. The Morgan fingerprint density at radius 3 is 2.33 bits per heavy atom. The number of amides is 1. The van der Waals surface area contributed by atoms with Gasteiger partial charge >= 0.3 is 12.1 Å². The van der Waals surface area contributed by atoms with Gasteiger partial charge in [0.2, 0.25) is 0 Å². The second-order valence-corrected chi connectivity index (χ2v) is 5.65. The maximum atomic E-state index is 11.9. The van der Waals surface area contributed by atoms with Crippen LogP contribution in [-0.2, 0) is 9.53 Å². The van der Waals surface area contributed by atoms with Crippen LogP contribution in [0.5, 0.6) is 0 Å². The third kappa shape index (κ3) is 4.18. The van der Waals surface area contributed by atoms with Crippen LogP contribution in [-0.4, -0.2) is 46.8 Å². The molecule has 104 valence electrons. The standard InChI is InChI=1S/C12H22N2O4/c1-12(2,3)18-11(17)14-6-4-8(10(15)16)9(13)5-7-14/h8-9H,4-7,13H2,1-3H3,(H,15,16). The van der Waals surface area contributed by atoms with Gasteiger partial charge in [0.1, 0.15) is 5.60 Å². The Balaban J connectivity index is 2.61. The minimum absolute atomic E-state index is 0.371. The Bertz CT molecular complexity index is 325. The molecule has 0 radical (unpaired) electrons. The fraction of sp³-hybridized carbons (Fsp3) is 0.833. The van der Waals surface area contributed by atoms with Crippen LogP contribution in [0.25, 0.3) is 0 Å². The van der Waals surface area contributed by atoms with Crippen LogP contribution < -0.4 is 5.73 Å². The molecular formula is C12H22N2O4. The van der Waals surface area contributed by atoms with Crippen molar-refractivity contribution in [3.05, 3.63) is 0 Å². The highest BCUT2D eigenvalue weighted by Crippen LogP contribution is 2.19. The van der Waals surface area contributed by atoms with E-state index >= 15 is 0 Å². The van der Waals surface area contributed by atoms with Gasteiger partial charge in [0.25, 0.3) is 0 Å². The number of nitrogens with zero attached hydrogens (tertiary/aromatic N) is 1. The fourth-order valence-electron chi connectivity index (χ4n) is 1.94. The highest BCUT2D eigenvalue weighted by Gasteiger charge is 2.32. The van der Waals surface area contributed by atoms with E-state index in [1.165, 1.54) is 4.90 Å². The van der Waals surface area contributed by atoms with E-state index in [9.17, 15) is 9.59 Å². The lowest BCUT2D eigenvalue weighted by Crippen LogP contribution is -2.37. The molecule has 1 amide bonds. The second kappa shape index (κ2) is 5.56. The molecule has 2 atom stereocenters. The van der Waals surface area contributed by atoms with Crippen LogP contribution in [0.1, 0.15) is 33.6 Å². The van der Waals surface area contributed by atoms with Crippen molar-refractivity contribution in [3.63, 3.8) is 0 Å². The zero-order valence-electron chi connectivity index (χ0n) is 11.2. The van der Waals surface area contributed by atoms with E-state index in [-0.39, 0.29) is 0 Å². The maximum absolute atomic E-state index is 11.9. The predicted octanol–water partition coefficient (Wildman–Crippen LogP) is 1.05. The maximum Gasteiger partial charge on any atom is 0.410 e. The van der Waals surface area contributed by atoms with Crippen molar-refractivity contribution >= 4 is 12.1 Å². The summed E-state index contributed by atoms with van der Waals surface area (Å²) < 4.78 is 5.26. The molecule has 0 spiro atoms. The van der Waals surface area contributed by atoms with Crippen LogP contribution in [0.3, 0.4) is 0 Å². The molecule has 0 aromatic heterocycles. The van der Waals surface area contributed by atoms with E-state index in [1.54, 1.807) is 20.8 Å². The normalized spacial score (nSPS) is 25.4. The number of ether oxygens (including phenoxy) is 1. The smallest absolute Gasteiger partial charge is 0.410 e. The van der Waals surface area contributed by atoms with Crippen molar-refractivity contribution in [1.29, 1.82) is 0 Å². The number of likely N-dealkylation sites (tertiary alicyclic amines) is 1. The Labute approximate surface area is 107 Å². The summed E-state index contributed by atoms with van der Waals surface area (Å²) in [5.74, 6) is -1.48. The first-order chi connectivity index (χ1) is 8.20. The van der Waals surface area contributed by atoms with E-state index < -0.39 is 29.6 Å². The molecule has 0 aliphatic carbocycles. The number of rotatable bonds is 1. The molecule has 6 heteroatoms. The van der Waals surface area contributed by atoms with E-state index in [0.717, 1.165) is 0 Å². The molecule has 3 N–H and O–H groups in total. The van der Waals surface area contributed by atoms with Gasteiger partial charge in [-0.25, -0.2) is 4.79 Å². The molecule has 0 aromatic rings. The molecule has 1 rings (SSSR count). The second-order valence-electron chi connectivity index (χ2n) is 5.65.